The van der Waals surface area contributed by atoms with Crippen molar-refractivity contribution in [2.45, 2.75) is 0 Å². The highest BCUT2D eigenvalue weighted by Gasteiger charge is 2.12. The van der Waals surface area contributed by atoms with Gasteiger partial charge in [0.15, 0.2) is 5.82 Å². The lowest BCUT2D eigenvalue weighted by Gasteiger charge is -2.12. The Labute approximate surface area is 159 Å². The van der Waals surface area contributed by atoms with Crippen LogP contribution in [0.2, 0.25) is 10.0 Å². The number of nitrogens with zero attached hydrogens (tertiary/aromatic N) is 2. The van der Waals surface area contributed by atoms with Gasteiger partial charge in [-0.25, -0.2) is 14.4 Å². The quantitative estimate of drug-likeness (QED) is 0.439. The number of rotatable bonds is 3. The molecule has 0 saturated heterocycles. The van der Waals surface area contributed by atoms with Gasteiger partial charge in [0.05, 0.1) is 10.5 Å². The summed E-state index contributed by atoms with van der Waals surface area (Å²) in [6.45, 7) is 0. The molecule has 0 bridgehead atoms. The van der Waals surface area contributed by atoms with E-state index in [1.165, 1.54) is 12.1 Å². The van der Waals surface area contributed by atoms with E-state index in [1.807, 2.05) is 24.3 Å². The first-order valence-corrected chi connectivity index (χ1v) is 8.60. The number of hydrogen-bond acceptors (Lipinski definition) is 3. The van der Waals surface area contributed by atoms with Crippen LogP contribution in [-0.2, 0) is 0 Å². The van der Waals surface area contributed by atoms with Crippen LogP contribution in [-0.4, -0.2) is 9.97 Å². The van der Waals surface area contributed by atoms with Gasteiger partial charge in [-0.05, 0) is 54.6 Å². The summed E-state index contributed by atoms with van der Waals surface area (Å²) in [4.78, 5) is 9.24. The smallest absolute Gasteiger partial charge is 0.163 e. The molecule has 1 heterocycles. The Hall–Kier alpha value is -2.69. The molecule has 128 valence electrons. The molecule has 1 N–H and O–H groups in total. The van der Waals surface area contributed by atoms with Crippen LogP contribution >= 0.6 is 23.2 Å². The van der Waals surface area contributed by atoms with Gasteiger partial charge in [0, 0.05) is 21.7 Å². The van der Waals surface area contributed by atoms with Gasteiger partial charge in [-0.2, -0.15) is 0 Å². The zero-order valence-electron chi connectivity index (χ0n) is 13.4. The first-order valence-electron chi connectivity index (χ1n) is 7.85. The Morgan fingerprint density at radius 3 is 2.38 bits per heavy atom. The first kappa shape index (κ1) is 16.8. The predicted octanol–water partition coefficient (Wildman–Crippen LogP) is 6.49. The summed E-state index contributed by atoms with van der Waals surface area (Å²) in [5.41, 5.74) is 2.12. The van der Waals surface area contributed by atoms with Gasteiger partial charge in [-0.3, -0.25) is 0 Å². The second-order valence-corrected chi connectivity index (χ2v) is 6.51. The summed E-state index contributed by atoms with van der Waals surface area (Å²) in [5, 5.41) is 5.15. The molecule has 0 unspecified atom stereocenters. The third-order valence-electron chi connectivity index (χ3n) is 3.88. The van der Waals surface area contributed by atoms with E-state index in [-0.39, 0.29) is 5.82 Å². The van der Waals surface area contributed by atoms with Gasteiger partial charge in [0.25, 0.3) is 0 Å². The Morgan fingerprint density at radius 2 is 1.62 bits per heavy atom. The van der Waals surface area contributed by atoms with Crippen LogP contribution in [0.3, 0.4) is 0 Å². The Kier molecular flexibility index (Phi) is 4.45. The fourth-order valence-electron chi connectivity index (χ4n) is 2.63. The highest BCUT2D eigenvalue weighted by Crippen LogP contribution is 2.31. The number of nitrogens with one attached hydrogen (secondary N) is 1. The molecule has 0 radical (unpaired) electrons. The van der Waals surface area contributed by atoms with Crippen molar-refractivity contribution in [2.75, 3.05) is 5.32 Å². The van der Waals surface area contributed by atoms with Crippen molar-refractivity contribution in [1.82, 2.24) is 9.97 Å². The molecule has 0 atom stereocenters. The molecule has 4 aromatic rings. The van der Waals surface area contributed by atoms with Crippen molar-refractivity contribution >= 4 is 45.6 Å². The van der Waals surface area contributed by atoms with Gasteiger partial charge in [0.2, 0.25) is 0 Å². The average Bonchev–Trinajstić information content (AvgIpc) is 2.63. The largest absolute Gasteiger partial charge is 0.340 e. The van der Waals surface area contributed by atoms with Crippen molar-refractivity contribution in [3.05, 3.63) is 82.6 Å². The van der Waals surface area contributed by atoms with Gasteiger partial charge < -0.3 is 5.32 Å². The summed E-state index contributed by atoms with van der Waals surface area (Å²) in [6, 6.07) is 18.8. The molecule has 0 saturated carbocycles. The van der Waals surface area contributed by atoms with Crippen LogP contribution in [0, 0.1) is 5.82 Å². The first-order chi connectivity index (χ1) is 12.6. The number of halogens is 3. The van der Waals surface area contributed by atoms with E-state index < -0.39 is 0 Å². The molecular formula is C20H12Cl2FN3. The maximum absolute atomic E-state index is 13.2. The number of fused-ring (bicyclic) bond motifs is 1. The summed E-state index contributed by atoms with van der Waals surface area (Å²) in [5.74, 6) is 0.773. The molecule has 0 amide bonds. The number of hydrogen-bond donors (Lipinski definition) is 1. The molecule has 6 heteroatoms. The highest BCUT2D eigenvalue weighted by molar-refractivity contribution is 6.33. The lowest BCUT2D eigenvalue weighted by atomic mass is 10.1. The van der Waals surface area contributed by atoms with E-state index >= 15 is 0 Å². The minimum Gasteiger partial charge on any atom is -0.340 e. The molecule has 26 heavy (non-hydrogen) atoms. The molecule has 0 aliphatic rings. The van der Waals surface area contributed by atoms with E-state index in [2.05, 4.69) is 15.3 Å². The van der Waals surface area contributed by atoms with Gasteiger partial charge in [0.1, 0.15) is 11.6 Å². The molecule has 4 rings (SSSR count). The monoisotopic (exact) mass is 383 g/mol. The van der Waals surface area contributed by atoms with E-state index in [1.54, 1.807) is 30.3 Å². The number of anilines is 2. The van der Waals surface area contributed by atoms with Gasteiger partial charge >= 0.3 is 0 Å². The minimum atomic E-state index is -0.299. The predicted molar refractivity (Wildman–Crippen MR) is 105 cm³/mol. The molecule has 1 aromatic heterocycles. The highest BCUT2D eigenvalue weighted by atomic mass is 35.5. The van der Waals surface area contributed by atoms with E-state index in [0.29, 0.717) is 32.9 Å². The van der Waals surface area contributed by atoms with Crippen LogP contribution in [0.5, 0.6) is 0 Å². The van der Waals surface area contributed by atoms with Crippen molar-refractivity contribution in [3.63, 3.8) is 0 Å². The van der Waals surface area contributed by atoms with Crippen LogP contribution in [0.4, 0.5) is 15.9 Å². The maximum atomic E-state index is 13.2. The molecular weight excluding hydrogens is 372 g/mol. The molecule has 0 aliphatic carbocycles. The normalized spacial score (nSPS) is 10.9. The Balaban J connectivity index is 1.89. The Bertz CT molecular complexity index is 1100. The summed E-state index contributed by atoms with van der Waals surface area (Å²) < 4.78 is 13.2. The molecule has 3 aromatic carbocycles. The van der Waals surface area contributed by atoms with Crippen LogP contribution in [0.25, 0.3) is 22.3 Å². The van der Waals surface area contributed by atoms with Crippen molar-refractivity contribution < 1.29 is 4.39 Å². The summed E-state index contributed by atoms with van der Waals surface area (Å²) in [6.07, 6.45) is 0. The molecule has 0 aliphatic heterocycles. The van der Waals surface area contributed by atoms with E-state index in [0.717, 1.165) is 10.9 Å². The zero-order valence-corrected chi connectivity index (χ0v) is 14.9. The third-order valence-corrected chi connectivity index (χ3v) is 4.45. The van der Waals surface area contributed by atoms with Crippen molar-refractivity contribution in [2.24, 2.45) is 0 Å². The standard InChI is InChI=1S/C20H12Cl2FN3/c21-12-5-10-16-18(11-12)25-19(15-3-1-2-4-17(15)22)26-20(16)24-14-8-6-13(23)7-9-14/h1-11H,(H,24,25,26). The van der Waals surface area contributed by atoms with Gasteiger partial charge in [-0.1, -0.05) is 35.3 Å². The number of aromatic nitrogens is 2. The second-order valence-electron chi connectivity index (χ2n) is 5.67. The molecule has 0 fully saturated rings. The average molecular weight is 384 g/mol. The fraction of sp³-hybridized carbons (Fsp3) is 0. The lowest BCUT2D eigenvalue weighted by Crippen LogP contribution is -1.99. The van der Waals surface area contributed by atoms with Crippen LogP contribution in [0.15, 0.2) is 66.7 Å². The molecule has 3 nitrogen and oxygen atoms in total. The van der Waals surface area contributed by atoms with Gasteiger partial charge in [-0.15, -0.1) is 0 Å². The van der Waals surface area contributed by atoms with Crippen molar-refractivity contribution in [3.8, 4) is 11.4 Å². The maximum Gasteiger partial charge on any atom is 0.163 e. The summed E-state index contributed by atoms with van der Waals surface area (Å²) in [7, 11) is 0. The molecule has 0 spiro atoms. The van der Waals surface area contributed by atoms with E-state index in [4.69, 9.17) is 23.2 Å². The Morgan fingerprint density at radius 1 is 0.846 bits per heavy atom. The lowest BCUT2D eigenvalue weighted by molar-refractivity contribution is 0.628. The summed E-state index contributed by atoms with van der Waals surface area (Å²) >= 11 is 12.4. The topological polar surface area (TPSA) is 37.8 Å². The zero-order chi connectivity index (χ0) is 18.1. The van der Waals surface area contributed by atoms with E-state index in [9.17, 15) is 4.39 Å². The third kappa shape index (κ3) is 3.34. The van der Waals surface area contributed by atoms with Crippen molar-refractivity contribution in [1.29, 1.82) is 0 Å². The minimum absolute atomic E-state index is 0.299. The fourth-order valence-corrected chi connectivity index (χ4v) is 3.02. The van der Waals surface area contributed by atoms with Crippen LogP contribution < -0.4 is 5.32 Å². The number of benzene rings is 3. The SMILES string of the molecule is Fc1ccc(Nc2nc(-c3ccccc3Cl)nc3cc(Cl)ccc23)cc1. The second kappa shape index (κ2) is 6.90. The van der Waals surface area contributed by atoms with Crippen LogP contribution in [0.1, 0.15) is 0 Å².